The summed E-state index contributed by atoms with van der Waals surface area (Å²) >= 11 is 0. The van der Waals surface area contributed by atoms with Gasteiger partial charge in [-0.05, 0) is 54.8 Å². The normalized spacial score (nSPS) is 12.7. The minimum Gasteiger partial charge on any atom is -0.497 e. The highest BCUT2D eigenvalue weighted by molar-refractivity contribution is 7.89. The Morgan fingerprint density at radius 3 is 2.20 bits per heavy atom. The third-order valence-electron chi connectivity index (χ3n) is 4.04. The zero-order chi connectivity index (χ0) is 18.6. The van der Waals surface area contributed by atoms with E-state index in [2.05, 4.69) is 4.72 Å². The van der Waals surface area contributed by atoms with Crippen LogP contribution in [0.15, 0.2) is 41.3 Å². The molecular weight excluding hydrogens is 342 g/mol. The van der Waals surface area contributed by atoms with Crippen LogP contribution >= 0.6 is 0 Å². The molecule has 0 heterocycles. The molecule has 1 atom stereocenters. The number of ether oxygens (including phenoxy) is 2. The number of aliphatic hydroxyl groups excluding tert-OH is 1. The zero-order valence-corrected chi connectivity index (χ0v) is 15.6. The molecule has 6 nitrogen and oxygen atoms in total. The lowest BCUT2D eigenvalue weighted by Crippen LogP contribution is -2.29. The van der Waals surface area contributed by atoms with E-state index >= 15 is 0 Å². The number of rotatable bonds is 7. The summed E-state index contributed by atoms with van der Waals surface area (Å²) in [4.78, 5) is 0.0556. The molecule has 2 rings (SSSR count). The molecule has 0 amide bonds. The summed E-state index contributed by atoms with van der Waals surface area (Å²) in [5, 5.41) is 10.2. The van der Waals surface area contributed by atoms with Gasteiger partial charge >= 0.3 is 0 Å². The van der Waals surface area contributed by atoms with E-state index < -0.39 is 16.1 Å². The zero-order valence-electron chi connectivity index (χ0n) is 14.7. The third-order valence-corrected chi connectivity index (χ3v) is 5.48. The summed E-state index contributed by atoms with van der Waals surface area (Å²) < 4.78 is 37.9. The summed E-state index contributed by atoms with van der Waals surface area (Å²) in [6, 6.07) is 10.0. The van der Waals surface area contributed by atoms with Crippen molar-refractivity contribution in [2.75, 3.05) is 20.8 Å². The first-order valence-electron chi connectivity index (χ1n) is 7.75. The number of hydrogen-bond acceptors (Lipinski definition) is 5. The van der Waals surface area contributed by atoms with E-state index in [1.54, 1.807) is 43.5 Å². The highest BCUT2D eigenvalue weighted by Crippen LogP contribution is 2.27. The van der Waals surface area contributed by atoms with Crippen molar-refractivity contribution >= 4 is 10.0 Å². The predicted octanol–water partition coefficient (Wildman–Crippen LogP) is 2.33. The van der Waals surface area contributed by atoms with Crippen molar-refractivity contribution in [1.29, 1.82) is 0 Å². The van der Waals surface area contributed by atoms with Crippen molar-refractivity contribution in [3.8, 4) is 11.5 Å². The summed E-state index contributed by atoms with van der Waals surface area (Å²) in [6.07, 6.45) is -0.974. The van der Waals surface area contributed by atoms with Crippen LogP contribution in [0.4, 0.5) is 0 Å². The highest BCUT2D eigenvalue weighted by atomic mass is 32.2. The largest absolute Gasteiger partial charge is 0.497 e. The summed E-state index contributed by atoms with van der Waals surface area (Å²) in [5.41, 5.74) is 2.38. The van der Waals surface area contributed by atoms with Crippen LogP contribution in [-0.2, 0) is 10.0 Å². The Balaban J connectivity index is 2.17. The molecule has 0 aliphatic rings. The summed E-state index contributed by atoms with van der Waals surface area (Å²) in [7, 11) is -0.840. The Morgan fingerprint density at radius 1 is 1.04 bits per heavy atom. The van der Waals surface area contributed by atoms with Crippen molar-refractivity contribution < 1.29 is 23.0 Å². The average Bonchev–Trinajstić information content (AvgIpc) is 2.61. The Labute approximate surface area is 148 Å². The first kappa shape index (κ1) is 19.2. The molecule has 0 fully saturated rings. The number of benzene rings is 2. The number of sulfonamides is 1. The first-order valence-corrected chi connectivity index (χ1v) is 9.23. The number of methoxy groups -OCH3 is 2. The van der Waals surface area contributed by atoms with E-state index in [0.717, 1.165) is 11.1 Å². The van der Waals surface area contributed by atoms with Gasteiger partial charge in [-0.15, -0.1) is 0 Å². The molecule has 0 saturated heterocycles. The van der Waals surface area contributed by atoms with Gasteiger partial charge in [-0.3, -0.25) is 0 Å². The van der Waals surface area contributed by atoms with Crippen LogP contribution in [0.1, 0.15) is 22.8 Å². The molecule has 0 aliphatic heterocycles. The van der Waals surface area contributed by atoms with Gasteiger partial charge in [0.25, 0.3) is 0 Å². The van der Waals surface area contributed by atoms with Gasteiger partial charge in [0, 0.05) is 6.54 Å². The lowest BCUT2D eigenvalue weighted by Gasteiger charge is -2.16. The first-order chi connectivity index (χ1) is 11.8. The fraction of sp³-hybridized carbons (Fsp3) is 0.333. The SMILES string of the molecule is COc1ccc(C(O)CNS(=O)(=O)c2cc(C)c(C)cc2OC)cc1. The highest BCUT2D eigenvalue weighted by Gasteiger charge is 2.22. The molecule has 25 heavy (non-hydrogen) atoms. The molecule has 0 aromatic heterocycles. The van der Waals surface area contributed by atoms with E-state index in [-0.39, 0.29) is 17.2 Å². The third kappa shape index (κ3) is 4.50. The number of hydrogen-bond donors (Lipinski definition) is 2. The fourth-order valence-corrected chi connectivity index (χ4v) is 3.61. The van der Waals surface area contributed by atoms with Gasteiger partial charge in [0.15, 0.2) is 0 Å². The van der Waals surface area contributed by atoms with E-state index in [9.17, 15) is 13.5 Å². The molecule has 7 heteroatoms. The fourth-order valence-electron chi connectivity index (χ4n) is 2.34. The molecular formula is C18H23NO5S. The topological polar surface area (TPSA) is 84.9 Å². The lowest BCUT2D eigenvalue weighted by atomic mass is 10.1. The van der Waals surface area contributed by atoms with E-state index in [4.69, 9.17) is 9.47 Å². The summed E-state index contributed by atoms with van der Waals surface area (Å²) in [5.74, 6) is 0.936. The second kappa shape index (κ2) is 7.86. The van der Waals surface area contributed by atoms with Gasteiger partial charge in [0.1, 0.15) is 16.4 Å². The van der Waals surface area contributed by atoms with Crippen molar-refractivity contribution in [3.63, 3.8) is 0 Å². The van der Waals surface area contributed by atoms with Crippen molar-refractivity contribution in [1.82, 2.24) is 4.72 Å². The molecule has 136 valence electrons. The molecule has 0 radical (unpaired) electrons. The van der Waals surface area contributed by atoms with E-state index in [0.29, 0.717) is 11.3 Å². The van der Waals surface area contributed by atoms with Crippen LogP contribution in [0.25, 0.3) is 0 Å². The molecule has 1 unspecified atom stereocenters. The maximum Gasteiger partial charge on any atom is 0.244 e. The maximum absolute atomic E-state index is 12.6. The Hall–Kier alpha value is -2.09. The second-order valence-corrected chi connectivity index (χ2v) is 7.46. The predicted molar refractivity (Wildman–Crippen MR) is 95.6 cm³/mol. The molecule has 0 aliphatic carbocycles. The van der Waals surface area contributed by atoms with E-state index in [1.807, 2.05) is 13.8 Å². The smallest absolute Gasteiger partial charge is 0.244 e. The van der Waals surface area contributed by atoms with Crippen LogP contribution in [0.5, 0.6) is 11.5 Å². The van der Waals surface area contributed by atoms with Gasteiger partial charge in [-0.25, -0.2) is 13.1 Å². The Bertz CT molecular complexity index is 831. The van der Waals surface area contributed by atoms with Crippen LogP contribution < -0.4 is 14.2 Å². The maximum atomic E-state index is 12.6. The molecule has 0 bridgehead atoms. The van der Waals surface area contributed by atoms with Crippen molar-refractivity contribution in [2.45, 2.75) is 24.8 Å². The lowest BCUT2D eigenvalue weighted by molar-refractivity contribution is 0.182. The quantitative estimate of drug-likeness (QED) is 0.787. The standard InChI is InChI=1S/C18H23NO5S/c1-12-9-17(24-4)18(10-13(12)2)25(21,22)19-11-16(20)14-5-7-15(23-3)8-6-14/h5-10,16,19-20H,11H2,1-4H3. The van der Waals surface area contributed by atoms with Crippen LogP contribution in [0.2, 0.25) is 0 Å². The number of nitrogens with one attached hydrogen (secondary N) is 1. The van der Waals surface area contributed by atoms with Gasteiger partial charge < -0.3 is 14.6 Å². The molecule has 2 aromatic rings. The van der Waals surface area contributed by atoms with Gasteiger partial charge in [0.05, 0.1) is 20.3 Å². The summed E-state index contributed by atoms with van der Waals surface area (Å²) in [6.45, 7) is 3.57. The van der Waals surface area contributed by atoms with Crippen molar-refractivity contribution in [3.05, 3.63) is 53.1 Å². The van der Waals surface area contributed by atoms with Crippen LogP contribution in [-0.4, -0.2) is 34.3 Å². The minimum absolute atomic E-state index is 0.0556. The molecule has 2 N–H and O–H groups in total. The Morgan fingerprint density at radius 2 is 1.64 bits per heavy atom. The molecule has 0 spiro atoms. The van der Waals surface area contributed by atoms with Crippen molar-refractivity contribution in [2.24, 2.45) is 0 Å². The average molecular weight is 365 g/mol. The van der Waals surface area contributed by atoms with Gasteiger partial charge in [0.2, 0.25) is 10.0 Å². The van der Waals surface area contributed by atoms with E-state index in [1.165, 1.54) is 7.11 Å². The molecule has 2 aromatic carbocycles. The number of aliphatic hydroxyl groups is 1. The van der Waals surface area contributed by atoms with Gasteiger partial charge in [-0.1, -0.05) is 12.1 Å². The number of aryl methyl sites for hydroxylation is 2. The minimum atomic E-state index is -3.82. The second-order valence-electron chi connectivity index (χ2n) is 5.73. The van der Waals surface area contributed by atoms with Gasteiger partial charge in [-0.2, -0.15) is 0 Å². The monoisotopic (exact) mass is 365 g/mol. The Kier molecular flexibility index (Phi) is 6.05. The van der Waals surface area contributed by atoms with Crippen LogP contribution in [0.3, 0.4) is 0 Å². The molecule has 0 saturated carbocycles. The van der Waals surface area contributed by atoms with Crippen LogP contribution in [0, 0.1) is 13.8 Å².